The molecule has 0 saturated carbocycles. The summed E-state index contributed by atoms with van der Waals surface area (Å²) in [6.07, 6.45) is 1.13. The highest BCUT2D eigenvalue weighted by atomic mass is 127. The fourth-order valence-corrected chi connectivity index (χ4v) is 1.33. The number of aromatic hydroxyl groups is 1. The summed E-state index contributed by atoms with van der Waals surface area (Å²) in [6, 6.07) is 7.40. The predicted molar refractivity (Wildman–Crippen MR) is 55.2 cm³/mol. The van der Waals surface area contributed by atoms with E-state index in [1.807, 2.05) is 12.1 Å². The second kappa shape index (κ2) is 3.95. The van der Waals surface area contributed by atoms with E-state index in [1.54, 1.807) is 12.1 Å². The molecule has 0 aliphatic heterocycles. The van der Waals surface area contributed by atoms with Crippen LogP contribution in [-0.4, -0.2) is 5.11 Å². The fourth-order valence-electron chi connectivity index (χ4n) is 0.919. The molecule has 1 rings (SSSR count). The van der Waals surface area contributed by atoms with E-state index >= 15 is 0 Å². The van der Waals surface area contributed by atoms with E-state index in [0.717, 1.165) is 6.42 Å². The summed E-state index contributed by atoms with van der Waals surface area (Å²) in [6.45, 7) is 2.16. The van der Waals surface area contributed by atoms with E-state index in [2.05, 4.69) is 29.5 Å². The largest absolute Gasteiger partial charge is 0.508 e. The minimum Gasteiger partial charge on any atom is -0.508 e. The third-order valence-electron chi connectivity index (χ3n) is 1.61. The van der Waals surface area contributed by atoms with Crippen molar-refractivity contribution in [1.29, 1.82) is 0 Å². The number of halogens is 1. The maximum atomic E-state index is 9.01. The van der Waals surface area contributed by atoms with Crippen molar-refractivity contribution in [2.45, 2.75) is 17.3 Å². The van der Waals surface area contributed by atoms with Crippen molar-refractivity contribution >= 4 is 22.6 Å². The average Bonchev–Trinajstić information content (AvgIpc) is 2.05. The van der Waals surface area contributed by atoms with Crippen LogP contribution in [0.2, 0.25) is 0 Å². The van der Waals surface area contributed by atoms with Crippen LogP contribution >= 0.6 is 22.6 Å². The molecule has 0 amide bonds. The van der Waals surface area contributed by atoms with Gasteiger partial charge in [0.1, 0.15) is 5.75 Å². The van der Waals surface area contributed by atoms with E-state index in [4.69, 9.17) is 5.11 Å². The monoisotopic (exact) mass is 262 g/mol. The molecule has 11 heavy (non-hydrogen) atoms. The molecule has 0 heterocycles. The van der Waals surface area contributed by atoms with Crippen LogP contribution in [0.4, 0.5) is 0 Å². The molecule has 60 valence electrons. The summed E-state index contributed by atoms with van der Waals surface area (Å²) >= 11 is 2.40. The summed E-state index contributed by atoms with van der Waals surface area (Å²) in [7, 11) is 0. The van der Waals surface area contributed by atoms with Crippen molar-refractivity contribution in [2.75, 3.05) is 0 Å². The van der Waals surface area contributed by atoms with Gasteiger partial charge in [-0.3, -0.25) is 0 Å². The van der Waals surface area contributed by atoms with Crippen LogP contribution in [0.5, 0.6) is 5.75 Å². The summed E-state index contributed by atoms with van der Waals surface area (Å²) in [5.74, 6) is 0.341. The van der Waals surface area contributed by atoms with Crippen LogP contribution in [-0.2, 0) is 0 Å². The fraction of sp³-hybridized carbons (Fsp3) is 0.333. The quantitative estimate of drug-likeness (QED) is 0.640. The molecule has 0 bridgehead atoms. The van der Waals surface area contributed by atoms with E-state index in [0.29, 0.717) is 9.67 Å². The van der Waals surface area contributed by atoms with Gasteiger partial charge in [0, 0.05) is 3.92 Å². The van der Waals surface area contributed by atoms with Crippen molar-refractivity contribution in [3.05, 3.63) is 29.8 Å². The third kappa shape index (κ3) is 2.36. The average molecular weight is 262 g/mol. The number of rotatable bonds is 2. The summed E-state index contributed by atoms with van der Waals surface area (Å²) in [5.41, 5.74) is 1.28. The molecule has 0 radical (unpaired) electrons. The molecule has 1 atom stereocenters. The second-order valence-electron chi connectivity index (χ2n) is 2.47. The smallest absolute Gasteiger partial charge is 0.115 e. The van der Waals surface area contributed by atoms with Crippen LogP contribution < -0.4 is 0 Å². The lowest BCUT2D eigenvalue weighted by atomic mass is 10.1. The minimum atomic E-state index is 0.341. The Morgan fingerprint density at radius 1 is 1.36 bits per heavy atom. The van der Waals surface area contributed by atoms with Crippen molar-refractivity contribution in [3.63, 3.8) is 0 Å². The Morgan fingerprint density at radius 2 is 1.91 bits per heavy atom. The predicted octanol–water partition coefficient (Wildman–Crippen LogP) is 3.28. The Hall–Kier alpha value is -0.250. The molecule has 0 saturated heterocycles. The van der Waals surface area contributed by atoms with Gasteiger partial charge in [-0.05, 0) is 24.1 Å². The number of hydrogen-bond donors (Lipinski definition) is 1. The molecule has 1 N–H and O–H groups in total. The Morgan fingerprint density at radius 3 is 2.36 bits per heavy atom. The lowest BCUT2D eigenvalue weighted by molar-refractivity contribution is 0.475. The SMILES string of the molecule is CCC(I)c1ccc(O)cc1. The summed E-state index contributed by atoms with van der Waals surface area (Å²) in [5, 5.41) is 9.01. The zero-order chi connectivity index (χ0) is 8.27. The molecular formula is C9H11IO. The van der Waals surface area contributed by atoms with Crippen LogP contribution in [0.3, 0.4) is 0 Å². The molecule has 1 aromatic rings. The van der Waals surface area contributed by atoms with Gasteiger partial charge in [0.2, 0.25) is 0 Å². The van der Waals surface area contributed by atoms with Gasteiger partial charge in [-0.1, -0.05) is 41.6 Å². The molecule has 0 aliphatic carbocycles. The molecule has 1 nitrogen and oxygen atoms in total. The first-order chi connectivity index (χ1) is 5.24. The minimum absolute atomic E-state index is 0.341. The van der Waals surface area contributed by atoms with Crippen molar-refractivity contribution in [1.82, 2.24) is 0 Å². The second-order valence-corrected chi connectivity index (χ2v) is 3.97. The van der Waals surface area contributed by atoms with Crippen LogP contribution in [0.25, 0.3) is 0 Å². The van der Waals surface area contributed by atoms with Crippen LogP contribution in [0, 0.1) is 0 Å². The molecule has 0 spiro atoms. The van der Waals surface area contributed by atoms with Gasteiger partial charge in [-0.25, -0.2) is 0 Å². The number of phenols is 1. The van der Waals surface area contributed by atoms with E-state index < -0.39 is 0 Å². The van der Waals surface area contributed by atoms with Crippen LogP contribution in [0.15, 0.2) is 24.3 Å². The highest BCUT2D eigenvalue weighted by Crippen LogP contribution is 2.27. The summed E-state index contributed by atoms with van der Waals surface area (Å²) in [4.78, 5) is 0. The lowest BCUT2D eigenvalue weighted by Gasteiger charge is -2.05. The van der Waals surface area contributed by atoms with Gasteiger partial charge in [0.15, 0.2) is 0 Å². The van der Waals surface area contributed by atoms with E-state index in [9.17, 15) is 0 Å². The molecule has 2 heteroatoms. The topological polar surface area (TPSA) is 20.2 Å². The Bertz CT molecular complexity index is 218. The zero-order valence-corrected chi connectivity index (χ0v) is 8.58. The van der Waals surface area contributed by atoms with Gasteiger partial charge in [-0.15, -0.1) is 0 Å². The van der Waals surface area contributed by atoms with E-state index in [1.165, 1.54) is 5.56 Å². The van der Waals surface area contributed by atoms with Gasteiger partial charge in [0.05, 0.1) is 0 Å². The van der Waals surface area contributed by atoms with Crippen molar-refractivity contribution in [2.24, 2.45) is 0 Å². The van der Waals surface area contributed by atoms with Crippen molar-refractivity contribution < 1.29 is 5.11 Å². The molecule has 1 unspecified atom stereocenters. The Balaban J connectivity index is 2.81. The maximum Gasteiger partial charge on any atom is 0.115 e. The first-order valence-corrected chi connectivity index (χ1v) is 4.91. The van der Waals surface area contributed by atoms with Crippen molar-refractivity contribution in [3.8, 4) is 5.75 Å². The Kier molecular flexibility index (Phi) is 3.17. The van der Waals surface area contributed by atoms with Crippen LogP contribution in [0.1, 0.15) is 22.8 Å². The summed E-state index contributed by atoms with van der Waals surface area (Å²) < 4.78 is 0.563. The molecule has 1 aromatic carbocycles. The highest BCUT2D eigenvalue weighted by molar-refractivity contribution is 14.1. The molecule has 0 fully saturated rings. The normalized spacial score (nSPS) is 12.9. The third-order valence-corrected chi connectivity index (χ3v) is 3.21. The lowest BCUT2D eigenvalue weighted by Crippen LogP contribution is -1.85. The van der Waals surface area contributed by atoms with Gasteiger partial charge in [0.25, 0.3) is 0 Å². The zero-order valence-electron chi connectivity index (χ0n) is 6.42. The Labute approximate surface area is 80.6 Å². The molecular weight excluding hydrogens is 251 g/mol. The molecule has 0 aromatic heterocycles. The van der Waals surface area contributed by atoms with Gasteiger partial charge < -0.3 is 5.11 Å². The standard InChI is InChI=1S/C9H11IO/c1-2-9(10)7-3-5-8(11)6-4-7/h3-6,9,11H,2H2,1H3. The number of hydrogen-bond acceptors (Lipinski definition) is 1. The maximum absolute atomic E-state index is 9.01. The van der Waals surface area contributed by atoms with Gasteiger partial charge in [-0.2, -0.15) is 0 Å². The first-order valence-electron chi connectivity index (χ1n) is 3.67. The first kappa shape index (κ1) is 8.84. The van der Waals surface area contributed by atoms with E-state index in [-0.39, 0.29) is 0 Å². The number of benzene rings is 1. The molecule has 0 aliphatic rings. The number of phenolic OH excluding ortho intramolecular Hbond substituents is 1. The highest BCUT2D eigenvalue weighted by Gasteiger charge is 2.02. The van der Waals surface area contributed by atoms with Gasteiger partial charge >= 0.3 is 0 Å². The number of alkyl halides is 1.